The number of aromatic nitrogens is 1. The summed E-state index contributed by atoms with van der Waals surface area (Å²) in [6.07, 6.45) is 5.40. The molecular formula is C19H33N5O2S. The second-order valence-corrected chi connectivity index (χ2v) is 9.22. The predicted molar refractivity (Wildman–Crippen MR) is 110 cm³/mol. The minimum Gasteiger partial charge on any atom is -0.444 e. The number of amides is 1. The summed E-state index contributed by atoms with van der Waals surface area (Å²) >= 11 is 1.68. The Morgan fingerprint density at radius 3 is 2.41 bits per heavy atom. The highest BCUT2D eigenvalue weighted by Gasteiger charge is 2.25. The van der Waals surface area contributed by atoms with Crippen LogP contribution in [0.4, 0.5) is 4.79 Å². The van der Waals surface area contributed by atoms with Gasteiger partial charge < -0.3 is 20.7 Å². The molecule has 7 nitrogen and oxygen atoms in total. The molecule has 0 saturated heterocycles. The van der Waals surface area contributed by atoms with Gasteiger partial charge in [-0.2, -0.15) is 0 Å². The Bertz CT molecular complexity index is 630. The lowest BCUT2D eigenvalue weighted by Gasteiger charge is -2.31. The topological polar surface area (TPSA) is 87.6 Å². The fourth-order valence-corrected chi connectivity index (χ4v) is 3.70. The first-order valence-corrected chi connectivity index (χ1v) is 10.5. The highest BCUT2D eigenvalue weighted by molar-refractivity contribution is 7.11. The Kier molecular flexibility index (Phi) is 7.89. The molecule has 0 radical (unpaired) electrons. The number of hydrogen-bond acceptors (Lipinski definition) is 5. The van der Waals surface area contributed by atoms with E-state index in [1.165, 1.54) is 4.88 Å². The van der Waals surface area contributed by atoms with Crippen molar-refractivity contribution in [2.45, 2.75) is 84.5 Å². The maximum Gasteiger partial charge on any atom is 0.407 e. The zero-order valence-electron chi connectivity index (χ0n) is 17.1. The molecule has 0 atom stereocenters. The molecule has 1 amide bonds. The molecule has 1 aliphatic rings. The van der Waals surface area contributed by atoms with Crippen molar-refractivity contribution in [2.24, 2.45) is 4.99 Å². The van der Waals surface area contributed by atoms with Crippen molar-refractivity contribution in [1.82, 2.24) is 20.9 Å². The van der Waals surface area contributed by atoms with E-state index in [-0.39, 0.29) is 12.1 Å². The number of alkyl carbamates (subject to hydrolysis) is 1. The van der Waals surface area contributed by atoms with Gasteiger partial charge in [-0.25, -0.2) is 14.8 Å². The van der Waals surface area contributed by atoms with Crippen LogP contribution in [0.25, 0.3) is 0 Å². The van der Waals surface area contributed by atoms with Crippen LogP contribution in [0.1, 0.15) is 63.3 Å². The van der Waals surface area contributed by atoms with Gasteiger partial charge in [-0.1, -0.05) is 0 Å². The van der Waals surface area contributed by atoms with Gasteiger partial charge in [0.25, 0.3) is 0 Å². The summed E-state index contributed by atoms with van der Waals surface area (Å²) in [5.41, 5.74) is -0.462. The number of hydrogen-bond donors (Lipinski definition) is 3. The van der Waals surface area contributed by atoms with Crippen LogP contribution in [-0.2, 0) is 11.3 Å². The smallest absolute Gasteiger partial charge is 0.407 e. The monoisotopic (exact) mass is 395 g/mol. The van der Waals surface area contributed by atoms with Crippen molar-refractivity contribution in [1.29, 1.82) is 0 Å². The number of aryl methyl sites for hydroxylation is 1. The van der Waals surface area contributed by atoms with Crippen molar-refractivity contribution in [3.05, 3.63) is 16.1 Å². The lowest BCUT2D eigenvalue weighted by molar-refractivity contribution is 0.0490. The van der Waals surface area contributed by atoms with Crippen LogP contribution in [-0.4, -0.2) is 41.3 Å². The molecule has 0 unspecified atom stereocenters. The zero-order chi connectivity index (χ0) is 19.9. The zero-order valence-corrected chi connectivity index (χ0v) is 17.9. The Morgan fingerprint density at radius 1 is 1.26 bits per heavy atom. The summed E-state index contributed by atoms with van der Waals surface area (Å²) in [6, 6.07) is 0.535. The van der Waals surface area contributed by atoms with Gasteiger partial charge in [0, 0.05) is 29.7 Å². The summed E-state index contributed by atoms with van der Waals surface area (Å²) < 4.78 is 5.34. The van der Waals surface area contributed by atoms with Crippen molar-refractivity contribution in [3.8, 4) is 0 Å². The first-order chi connectivity index (χ1) is 12.7. The number of nitrogens with zero attached hydrogens (tertiary/aromatic N) is 2. The summed E-state index contributed by atoms with van der Waals surface area (Å²) in [7, 11) is 0. The molecule has 0 aromatic carbocycles. The van der Waals surface area contributed by atoms with Crippen molar-refractivity contribution < 1.29 is 9.53 Å². The van der Waals surface area contributed by atoms with Gasteiger partial charge in [0.2, 0.25) is 0 Å². The van der Waals surface area contributed by atoms with E-state index in [0.717, 1.165) is 43.2 Å². The molecule has 27 heavy (non-hydrogen) atoms. The molecule has 2 rings (SSSR count). The summed E-state index contributed by atoms with van der Waals surface area (Å²) in [5, 5.41) is 10.8. The van der Waals surface area contributed by atoms with E-state index in [4.69, 9.17) is 4.74 Å². The van der Waals surface area contributed by atoms with Crippen LogP contribution in [0.2, 0.25) is 0 Å². The van der Waals surface area contributed by atoms with E-state index in [9.17, 15) is 4.79 Å². The van der Waals surface area contributed by atoms with Gasteiger partial charge in [-0.15, -0.1) is 11.3 Å². The Morgan fingerprint density at radius 2 is 1.89 bits per heavy atom. The quantitative estimate of drug-likeness (QED) is 0.526. The second-order valence-electron chi connectivity index (χ2n) is 7.90. The average molecular weight is 396 g/mol. The second kappa shape index (κ2) is 9.92. The van der Waals surface area contributed by atoms with Crippen LogP contribution in [0.5, 0.6) is 0 Å². The summed E-state index contributed by atoms with van der Waals surface area (Å²) in [5.74, 6) is 0.828. The number of carbonyl (C=O) groups excluding carboxylic acids is 1. The van der Waals surface area contributed by atoms with Crippen LogP contribution in [0.3, 0.4) is 0 Å². The van der Waals surface area contributed by atoms with Crippen LogP contribution < -0.4 is 16.0 Å². The van der Waals surface area contributed by atoms with Crippen LogP contribution in [0, 0.1) is 6.92 Å². The molecule has 1 aromatic heterocycles. The Hall–Kier alpha value is -1.83. The third kappa shape index (κ3) is 8.15. The first kappa shape index (κ1) is 21.5. The standard InChI is InChI=1S/C19H33N5O2S/c1-6-20-17(22-12-16-21-11-13(2)27-16)23-14-7-9-15(10-8-14)24-18(25)26-19(3,4)5/h11,14-15H,6-10,12H2,1-5H3,(H,24,25)(H2,20,22,23). The van der Waals surface area contributed by atoms with Crippen molar-refractivity contribution in [2.75, 3.05) is 6.54 Å². The molecule has 1 aromatic rings. The third-order valence-electron chi connectivity index (χ3n) is 4.17. The molecular weight excluding hydrogens is 362 g/mol. The molecule has 1 heterocycles. The first-order valence-electron chi connectivity index (χ1n) is 9.71. The van der Waals surface area contributed by atoms with E-state index in [1.807, 2.05) is 27.0 Å². The van der Waals surface area contributed by atoms with E-state index >= 15 is 0 Å². The number of carbonyl (C=O) groups is 1. The maximum absolute atomic E-state index is 11.9. The molecule has 3 N–H and O–H groups in total. The number of guanidine groups is 1. The molecule has 1 fully saturated rings. The molecule has 0 aliphatic heterocycles. The molecule has 1 aliphatic carbocycles. The summed E-state index contributed by atoms with van der Waals surface area (Å²) in [6.45, 7) is 11.2. The number of thiazole rings is 1. The van der Waals surface area contributed by atoms with Gasteiger partial charge >= 0.3 is 6.09 Å². The van der Waals surface area contributed by atoms with E-state index in [2.05, 4.69) is 39.8 Å². The molecule has 0 bridgehead atoms. The lowest BCUT2D eigenvalue weighted by atomic mass is 9.91. The minimum absolute atomic E-state index is 0.177. The van der Waals surface area contributed by atoms with Gasteiger partial charge in [0.1, 0.15) is 10.6 Å². The minimum atomic E-state index is -0.462. The number of nitrogens with one attached hydrogen (secondary N) is 3. The van der Waals surface area contributed by atoms with Gasteiger partial charge in [-0.3, -0.25) is 0 Å². The predicted octanol–water partition coefficient (Wildman–Crippen LogP) is 3.34. The maximum atomic E-state index is 11.9. The normalized spacial score (nSPS) is 20.9. The van der Waals surface area contributed by atoms with Gasteiger partial charge in [-0.05, 0) is 60.3 Å². The number of aliphatic imine (C=N–C) groups is 1. The molecule has 1 saturated carbocycles. The molecule has 152 valence electrons. The number of rotatable bonds is 5. The Labute approximate surface area is 166 Å². The molecule has 0 spiro atoms. The fraction of sp³-hybridized carbons (Fsp3) is 0.737. The number of ether oxygens (including phenoxy) is 1. The van der Waals surface area contributed by atoms with Crippen molar-refractivity contribution in [3.63, 3.8) is 0 Å². The van der Waals surface area contributed by atoms with E-state index in [0.29, 0.717) is 12.6 Å². The largest absolute Gasteiger partial charge is 0.444 e. The van der Waals surface area contributed by atoms with Crippen LogP contribution in [0.15, 0.2) is 11.2 Å². The highest BCUT2D eigenvalue weighted by atomic mass is 32.1. The SMILES string of the molecule is CCNC(=NCc1ncc(C)s1)NC1CCC(NC(=O)OC(C)(C)C)CC1. The highest BCUT2D eigenvalue weighted by Crippen LogP contribution is 2.19. The third-order valence-corrected chi connectivity index (χ3v) is 5.07. The van der Waals surface area contributed by atoms with E-state index < -0.39 is 5.60 Å². The van der Waals surface area contributed by atoms with E-state index in [1.54, 1.807) is 11.3 Å². The summed E-state index contributed by atoms with van der Waals surface area (Å²) in [4.78, 5) is 22.1. The van der Waals surface area contributed by atoms with Gasteiger partial charge in [0.05, 0.1) is 6.54 Å². The van der Waals surface area contributed by atoms with Crippen LogP contribution >= 0.6 is 11.3 Å². The van der Waals surface area contributed by atoms with Gasteiger partial charge in [0.15, 0.2) is 5.96 Å². The molecule has 8 heteroatoms. The fourth-order valence-electron chi connectivity index (χ4n) is 2.99. The Balaban J connectivity index is 1.78. The van der Waals surface area contributed by atoms with Crippen molar-refractivity contribution >= 4 is 23.4 Å². The average Bonchev–Trinajstić information content (AvgIpc) is 2.98. The lowest BCUT2D eigenvalue weighted by Crippen LogP contribution is -2.48.